The summed E-state index contributed by atoms with van der Waals surface area (Å²) in [6, 6.07) is 4.15. The van der Waals surface area contributed by atoms with Crippen LogP contribution in [0.2, 0.25) is 0 Å². The van der Waals surface area contributed by atoms with Gasteiger partial charge in [0, 0.05) is 50.9 Å². The molecular weight excluding hydrogens is 438 g/mol. The Balaban J connectivity index is 1.30. The third-order valence-corrected chi connectivity index (χ3v) is 8.80. The van der Waals surface area contributed by atoms with Crippen molar-refractivity contribution in [2.45, 2.75) is 76.7 Å². The van der Waals surface area contributed by atoms with Crippen LogP contribution >= 0.6 is 0 Å². The highest BCUT2D eigenvalue weighted by Crippen LogP contribution is 2.28. The predicted molar refractivity (Wildman–Crippen MR) is 131 cm³/mol. The molecule has 0 spiro atoms. The first-order valence-electron chi connectivity index (χ1n) is 12.7. The molecule has 0 amide bonds. The number of Topliss-reactive ketones (excluding diaryl/α,β-unsaturated/α-hetero) is 1. The van der Waals surface area contributed by atoms with Crippen molar-refractivity contribution in [1.29, 1.82) is 0 Å². The summed E-state index contributed by atoms with van der Waals surface area (Å²) in [7, 11) is -3.23. The van der Waals surface area contributed by atoms with Gasteiger partial charge in [0.15, 0.2) is 0 Å². The molecule has 0 atom stereocenters. The first kappa shape index (κ1) is 26.3. The van der Waals surface area contributed by atoms with E-state index in [0.717, 1.165) is 89.8 Å². The van der Waals surface area contributed by atoms with E-state index in [9.17, 15) is 13.2 Å². The highest BCUT2D eigenvalue weighted by molar-refractivity contribution is 7.89. The number of carbonyl (C=O) groups is 1. The lowest BCUT2D eigenvalue weighted by Crippen LogP contribution is -2.46. The number of morpholine rings is 1. The zero-order valence-electron chi connectivity index (χ0n) is 20.0. The summed E-state index contributed by atoms with van der Waals surface area (Å²) in [5, 5.41) is 0. The molecule has 1 saturated heterocycles. The van der Waals surface area contributed by atoms with Gasteiger partial charge in [-0.2, -0.15) is 4.31 Å². The van der Waals surface area contributed by atoms with Crippen molar-refractivity contribution < 1.29 is 17.9 Å². The molecule has 2 heterocycles. The van der Waals surface area contributed by atoms with Gasteiger partial charge in [-0.1, -0.05) is 18.9 Å². The lowest BCUT2D eigenvalue weighted by Gasteiger charge is -2.37. The van der Waals surface area contributed by atoms with Gasteiger partial charge in [-0.3, -0.25) is 14.7 Å². The summed E-state index contributed by atoms with van der Waals surface area (Å²) in [6.45, 7) is 5.00. The minimum absolute atomic E-state index is 0.195. The summed E-state index contributed by atoms with van der Waals surface area (Å²) in [5.41, 5.74) is 1.16. The van der Waals surface area contributed by atoms with Gasteiger partial charge in [-0.25, -0.2) is 8.42 Å². The normalized spacial score (nSPS) is 17.8. The van der Waals surface area contributed by atoms with Crippen LogP contribution in [-0.2, 0) is 26.0 Å². The molecule has 1 aliphatic carbocycles. The van der Waals surface area contributed by atoms with E-state index in [4.69, 9.17) is 4.74 Å². The molecular formula is C25H41N3O4S. The number of aryl methyl sites for hydroxylation is 1. The van der Waals surface area contributed by atoms with Crippen LogP contribution < -0.4 is 0 Å². The Kier molecular flexibility index (Phi) is 11.3. The molecule has 0 aromatic carbocycles. The minimum atomic E-state index is -3.23. The van der Waals surface area contributed by atoms with Crippen molar-refractivity contribution in [2.24, 2.45) is 0 Å². The molecule has 186 valence electrons. The second kappa shape index (κ2) is 14.1. The van der Waals surface area contributed by atoms with Gasteiger partial charge in [-0.05, 0) is 63.1 Å². The summed E-state index contributed by atoms with van der Waals surface area (Å²) < 4.78 is 33.3. The highest BCUT2D eigenvalue weighted by atomic mass is 32.2. The molecule has 33 heavy (non-hydrogen) atoms. The topological polar surface area (TPSA) is 79.8 Å². The van der Waals surface area contributed by atoms with E-state index >= 15 is 0 Å². The van der Waals surface area contributed by atoms with Gasteiger partial charge in [0.2, 0.25) is 10.0 Å². The van der Waals surface area contributed by atoms with Crippen molar-refractivity contribution >= 4 is 15.8 Å². The Morgan fingerprint density at radius 3 is 2.58 bits per heavy atom. The second-order valence-corrected chi connectivity index (χ2v) is 11.4. The Morgan fingerprint density at radius 2 is 1.88 bits per heavy atom. The van der Waals surface area contributed by atoms with Crippen LogP contribution in [-0.4, -0.2) is 79.6 Å². The fraction of sp³-hybridized carbons (Fsp3) is 0.760. The number of nitrogens with zero attached hydrogens (tertiary/aromatic N) is 3. The van der Waals surface area contributed by atoms with E-state index < -0.39 is 10.0 Å². The summed E-state index contributed by atoms with van der Waals surface area (Å²) in [6.07, 6.45) is 12.7. The number of pyridine rings is 1. The second-order valence-electron chi connectivity index (χ2n) is 9.38. The maximum atomic E-state index is 13.0. The molecule has 1 aliphatic heterocycles. The molecule has 1 saturated carbocycles. The van der Waals surface area contributed by atoms with Gasteiger partial charge >= 0.3 is 0 Å². The Labute approximate surface area is 199 Å². The molecule has 0 N–H and O–H groups in total. The standard InChI is InChI=1S/C25H41N3O4S/c29-25(13-4-8-23-9-6-14-26-22-23)12-2-1-3-21-33(30,31)28(24-10-5-11-24)16-7-15-27-17-19-32-20-18-27/h6,9,14,22,24H,1-5,7-8,10-13,15-21H2. The monoisotopic (exact) mass is 479 g/mol. The highest BCUT2D eigenvalue weighted by Gasteiger charge is 2.33. The van der Waals surface area contributed by atoms with E-state index in [0.29, 0.717) is 25.8 Å². The van der Waals surface area contributed by atoms with E-state index in [1.807, 2.05) is 18.3 Å². The van der Waals surface area contributed by atoms with Crippen LogP contribution in [0.5, 0.6) is 0 Å². The minimum Gasteiger partial charge on any atom is -0.379 e. The third-order valence-electron chi connectivity index (χ3n) is 6.80. The number of unbranched alkanes of at least 4 members (excludes halogenated alkanes) is 2. The van der Waals surface area contributed by atoms with Crippen molar-refractivity contribution in [3.05, 3.63) is 30.1 Å². The quantitative estimate of drug-likeness (QED) is 0.338. The molecule has 3 rings (SSSR count). The summed E-state index contributed by atoms with van der Waals surface area (Å²) in [4.78, 5) is 18.6. The summed E-state index contributed by atoms with van der Waals surface area (Å²) in [5.74, 6) is 0.483. The SMILES string of the molecule is O=C(CCCCCS(=O)(=O)N(CCCN1CCOCC1)C1CCC1)CCCc1cccnc1. The largest absolute Gasteiger partial charge is 0.379 e. The maximum absolute atomic E-state index is 13.0. The average molecular weight is 480 g/mol. The molecule has 2 aliphatic rings. The molecule has 0 radical (unpaired) electrons. The molecule has 0 unspecified atom stereocenters. The predicted octanol–water partition coefficient (Wildman–Crippen LogP) is 3.44. The number of ketones is 1. The summed E-state index contributed by atoms with van der Waals surface area (Å²) >= 11 is 0. The van der Waals surface area contributed by atoms with Crippen molar-refractivity contribution in [1.82, 2.24) is 14.2 Å². The van der Waals surface area contributed by atoms with Crippen LogP contribution in [0.4, 0.5) is 0 Å². The lowest BCUT2D eigenvalue weighted by atomic mass is 9.93. The Morgan fingerprint density at radius 1 is 1.09 bits per heavy atom. The molecule has 8 heteroatoms. The fourth-order valence-electron chi connectivity index (χ4n) is 4.56. The van der Waals surface area contributed by atoms with E-state index in [-0.39, 0.29) is 17.6 Å². The lowest BCUT2D eigenvalue weighted by molar-refractivity contribution is -0.119. The third kappa shape index (κ3) is 9.43. The molecule has 1 aromatic rings. The van der Waals surface area contributed by atoms with Crippen molar-refractivity contribution in [3.63, 3.8) is 0 Å². The van der Waals surface area contributed by atoms with Crippen LogP contribution in [0.1, 0.15) is 69.8 Å². The number of carbonyl (C=O) groups excluding carboxylic acids is 1. The zero-order chi connectivity index (χ0) is 23.4. The van der Waals surface area contributed by atoms with Crippen molar-refractivity contribution in [2.75, 3.05) is 45.1 Å². The molecule has 7 nitrogen and oxygen atoms in total. The number of hydrogen-bond donors (Lipinski definition) is 0. The van der Waals surface area contributed by atoms with Gasteiger partial charge in [0.1, 0.15) is 5.78 Å². The smallest absolute Gasteiger partial charge is 0.214 e. The number of aromatic nitrogens is 1. The molecule has 1 aromatic heterocycles. The van der Waals surface area contributed by atoms with Gasteiger partial charge in [0.25, 0.3) is 0 Å². The van der Waals surface area contributed by atoms with E-state index in [1.54, 1.807) is 10.5 Å². The maximum Gasteiger partial charge on any atom is 0.214 e. The molecule has 2 fully saturated rings. The van der Waals surface area contributed by atoms with E-state index in [2.05, 4.69) is 9.88 Å². The molecule has 0 bridgehead atoms. The van der Waals surface area contributed by atoms with Crippen LogP contribution in [0.3, 0.4) is 0 Å². The average Bonchev–Trinajstić information content (AvgIpc) is 2.78. The number of hydrogen-bond acceptors (Lipinski definition) is 6. The first-order valence-corrected chi connectivity index (χ1v) is 14.4. The van der Waals surface area contributed by atoms with Gasteiger partial charge in [0.05, 0.1) is 19.0 Å². The zero-order valence-corrected chi connectivity index (χ0v) is 20.8. The van der Waals surface area contributed by atoms with E-state index in [1.165, 1.54) is 0 Å². The number of ether oxygens (including phenoxy) is 1. The Bertz CT molecular complexity index is 793. The van der Waals surface area contributed by atoms with Crippen molar-refractivity contribution in [3.8, 4) is 0 Å². The Hall–Kier alpha value is -1.35. The number of rotatable bonds is 16. The van der Waals surface area contributed by atoms with Crippen LogP contribution in [0.25, 0.3) is 0 Å². The fourth-order valence-corrected chi connectivity index (χ4v) is 6.44. The van der Waals surface area contributed by atoms with Crippen LogP contribution in [0.15, 0.2) is 24.5 Å². The first-order chi connectivity index (χ1) is 16.0. The van der Waals surface area contributed by atoms with Gasteiger partial charge < -0.3 is 4.74 Å². The van der Waals surface area contributed by atoms with Gasteiger partial charge in [-0.15, -0.1) is 0 Å². The van der Waals surface area contributed by atoms with Crippen LogP contribution in [0, 0.1) is 0 Å². The number of sulfonamides is 1.